The Hall–Kier alpha value is -1.49. The average molecular weight is 270 g/mol. The van der Waals surface area contributed by atoms with Gasteiger partial charge in [0.2, 0.25) is 0 Å². The van der Waals surface area contributed by atoms with Gasteiger partial charge in [0.15, 0.2) is 0 Å². The number of rotatable bonds is 5. The summed E-state index contributed by atoms with van der Waals surface area (Å²) < 4.78 is 3.80. The number of nitrogens with zero attached hydrogens (tertiary/aromatic N) is 4. The molecule has 2 aromatic heterocycles. The van der Waals surface area contributed by atoms with E-state index in [9.17, 15) is 0 Å². The molecule has 0 amide bonds. The van der Waals surface area contributed by atoms with Crippen molar-refractivity contribution in [2.45, 2.75) is 33.4 Å². The van der Waals surface area contributed by atoms with Crippen molar-refractivity contribution in [3.8, 4) is 0 Å². The lowest BCUT2D eigenvalue weighted by Crippen LogP contribution is -1.99. The van der Waals surface area contributed by atoms with E-state index < -0.39 is 0 Å². The van der Waals surface area contributed by atoms with Crippen LogP contribution in [0.5, 0.6) is 0 Å². The first-order chi connectivity index (χ1) is 8.19. The Kier molecular flexibility index (Phi) is 5.22. The SMILES string of the molecule is CCCn1cc(NCc2cn(C)nc2C)cn1.Cl. The normalized spacial score (nSPS) is 10.2. The molecule has 0 fully saturated rings. The van der Waals surface area contributed by atoms with E-state index in [-0.39, 0.29) is 12.4 Å². The van der Waals surface area contributed by atoms with E-state index in [0.29, 0.717) is 0 Å². The molecule has 2 rings (SSSR count). The molecule has 0 saturated heterocycles. The van der Waals surface area contributed by atoms with Crippen LogP contribution in [0.25, 0.3) is 0 Å². The summed E-state index contributed by atoms with van der Waals surface area (Å²) in [5, 5.41) is 12.0. The molecule has 0 aliphatic heterocycles. The summed E-state index contributed by atoms with van der Waals surface area (Å²) in [6, 6.07) is 0. The van der Waals surface area contributed by atoms with Gasteiger partial charge >= 0.3 is 0 Å². The molecular formula is C12H20ClN5. The second-order valence-electron chi connectivity index (χ2n) is 4.26. The van der Waals surface area contributed by atoms with Gasteiger partial charge in [0.1, 0.15) is 0 Å². The zero-order valence-electron chi connectivity index (χ0n) is 11.1. The molecular weight excluding hydrogens is 250 g/mol. The number of hydrogen-bond donors (Lipinski definition) is 1. The molecule has 0 aromatic carbocycles. The van der Waals surface area contributed by atoms with Crippen molar-refractivity contribution < 1.29 is 0 Å². The minimum absolute atomic E-state index is 0. The number of halogens is 1. The first-order valence-electron chi connectivity index (χ1n) is 5.94. The first kappa shape index (κ1) is 14.6. The second kappa shape index (κ2) is 6.44. The largest absolute Gasteiger partial charge is 0.378 e. The molecule has 5 nitrogen and oxygen atoms in total. The maximum atomic E-state index is 4.31. The standard InChI is InChI=1S/C12H19N5.ClH/c1-4-5-17-9-12(7-14-17)13-6-11-8-16(3)15-10(11)2;/h7-9,13H,4-6H2,1-3H3;1H. The van der Waals surface area contributed by atoms with Gasteiger partial charge in [-0.1, -0.05) is 6.92 Å². The van der Waals surface area contributed by atoms with Crippen LogP contribution in [0.1, 0.15) is 24.6 Å². The van der Waals surface area contributed by atoms with Crippen LogP contribution >= 0.6 is 12.4 Å². The van der Waals surface area contributed by atoms with Gasteiger partial charge in [-0.3, -0.25) is 9.36 Å². The molecule has 0 bridgehead atoms. The van der Waals surface area contributed by atoms with Crippen LogP contribution in [-0.4, -0.2) is 19.6 Å². The Balaban J connectivity index is 0.00000162. The molecule has 2 heterocycles. The molecule has 0 saturated carbocycles. The quantitative estimate of drug-likeness (QED) is 0.907. The molecule has 1 N–H and O–H groups in total. The van der Waals surface area contributed by atoms with Crippen LogP contribution in [0.3, 0.4) is 0 Å². The van der Waals surface area contributed by atoms with E-state index in [1.165, 1.54) is 5.56 Å². The molecule has 0 unspecified atom stereocenters. The topological polar surface area (TPSA) is 47.7 Å². The summed E-state index contributed by atoms with van der Waals surface area (Å²) in [5.74, 6) is 0. The third-order valence-electron chi connectivity index (χ3n) is 2.68. The van der Waals surface area contributed by atoms with E-state index >= 15 is 0 Å². The first-order valence-corrected chi connectivity index (χ1v) is 5.94. The van der Waals surface area contributed by atoms with Gasteiger partial charge in [0.25, 0.3) is 0 Å². The van der Waals surface area contributed by atoms with Crippen LogP contribution in [0.2, 0.25) is 0 Å². The van der Waals surface area contributed by atoms with Gasteiger partial charge in [0.05, 0.1) is 17.6 Å². The Labute approximate surface area is 114 Å². The fourth-order valence-corrected chi connectivity index (χ4v) is 1.83. The number of aromatic nitrogens is 4. The molecule has 0 aliphatic rings. The Morgan fingerprint density at radius 3 is 2.72 bits per heavy atom. The fraction of sp³-hybridized carbons (Fsp3) is 0.500. The zero-order chi connectivity index (χ0) is 12.3. The molecule has 18 heavy (non-hydrogen) atoms. The second-order valence-corrected chi connectivity index (χ2v) is 4.26. The van der Waals surface area contributed by atoms with Crippen LogP contribution < -0.4 is 5.32 Å². The molecule has 0 atom stereocenters. The summed E-state index contributed by atoms with van der Waals surface area (Å²) in [6.45, 7) is 5.93. The Bertz CT molecular complexity index is 488. The predicted octanol–water partition coefficient (Wildman–Crippen LogP) is 2.37. The molecule has 0 spiro atoms. The van der Waals surface area contributed by atoms with Crippen molar-refractivity contribution in [1.29, 1.82) is 0 Å². The lowest BCUT2D eigenvalue weighted by molar-refractivity contribution is 0.603. The van der Waals surface area contributed by atoms with Gasteiger partial charge in [-0.15, -0.1) is 12.4 Å². The van der Waals surface area contributed by atoms with Gasteiger partial charge in [0, 0.05) is 38.1 Å². The third kappa shape index (κ3) is 3.50. The van der Waals surface area contributed by atoms with E-state index in [2.05, 4.69) is 22.4 Å². The maximum absolute atomic E-state index is 4.31. The minimum atomic E-state index is 0. The van der Waals surface area contributed by atoms with E-state index in [4.69, 9.17) is 0 Å². The van der Waals surface area contributed by atoms with Crippen molar-refractivity contribution >= 4 is 18.1 Å². The van der Waals surface area contributed by atoms with Gasteiger partial charge in [-0.25, -0.2) is 0 Å². The van der Waals surface area contributed by atoms with Crippen molar-refractivity contribution in [3.63, 3.8) is 0 Å². The van der Waals surface area contributed by atoms with Crippen LogP contribution in [0, 0.1) is 6.92 Å². The summed E-state index contributed by atoms with van der Waals surface area (Å²) >= 11 is 0. The highest BCUT2D eigenvalue weighted by atomic mass is 35.5. The third-order valence-corrected chi connectivity index (χ3v) is 2.68. The van der Waals surface area contributed by atoms with E-state index in [1.54, 1.807) is 0 Å². The lowest BCUT2D eigenvalue weighted by Gasteiger charge is -2.01. The number of aryl methyl sites for hydroxylation is 3. The zero-order valence-corrected chi connectivity index (χ0v) is 11.9. The van der Waals surface area contributed by atoms with Crippen molar-refractivity contribution in [2.75, 3.05) is 5.32 Å². The summed E-state index contributed by atoms with van der Waals surface area (Å²) in [5.41, 5.74) is 3.35. The molecule has 100 valence electrons. The average Bonchev–Trinajstić information content (AvgIpc) is 2.83. The van der Waals surface area contributed by atoms with Crippen molar-refractivity contribution in [1.82, 2.24) is 19.6 Å². The highest BCUT2D eigenvalue weighted by Crippen LogP contribution is 2.10. The molecule has 0 aliphatic carbocycles. The van der Waals surface area contributed by atoms with Crippen molar-refractivity contribution in [2.24, 2.45) is 7.05 Å². The molecule has 6 heteroatoms. The summed E-state index contributed by atoms with van der Waals surface area (Å²) in [6.07, 6.45) is 7.04. The Morgan fingerprint density at radius 2 is 2.11 bits per heavy atom. The van der Waals surface area contributed by atoms with Gasteiger partial charge in [-0.2, -0.15) is 10.2 Å². The number of nitrogens with one attached hydrogen (secondary N) is 1. The number of hydrogen-bond acceptors (Lipinski definition) is 3. The van der Waals surface area contributed by atoms with Gasteiger partial charge in [-0.05, 0) is 13.3 Å². The maximum Gasteiger partial charge on any atom is 0.0729 e. The predicted molar refractivity (Wildman–Crippen MR) is 75.0 cm³/mol. The van der Waals surface area contributed by atoms with Gasteiger partial charge < -0.3 is 5.32 Å². The minimum Gasteiger partial charge on any atom is -0.378 e. The van der Waals surface area contributed by atoms with Crippen LogP contribution in [-0.2, 0) is 20.1 Å². The molecule has 2 aromatic rings. The number of anilines is 1. The molecule has 0 radical (unpaired) electrons. The monoisotopic (exact) mass is 269 g/mol. The van der Waals surface area contributed by atoms with Crippen LogP contribution in [0.4, 0.5) is 5.69 Å². The van der Waals surface area contributed by atoms with Crippen molar-refractivity contribution in [3.05, 3.63) is 29.8 Å². The lowest BCUT2D eigenvalue weighted by atomic mass is 10.2. The summed E-state index contributed by atoms with van der Waals surface area (Å²) in [7, 11) is 1.94. The fourth-order valence-electron chi connectivity index (χ4n) is 1.83. The highest BCUT2D eigenvalue weighted by molar-refractivity contribution is 5.85. The van der Waals surface area contributed by atoms with Crippen LogP contribution in [0.15, 0.2) is 18.6 Å². The van der Waals surface area contributed by atoms with E-state index in [1.807, 2.05) is 41.9 Å². The smallest absolute Gasteiger partial charge is 0.0729 e. The summed E-state index contributed by atoms with van der Waals surface area (Å²) in [4.78, 5) is 0. The highest BCUT2D eigenvalue weighted by Gasteiger charge is 2.03. The Morgan fingerprint density at radius 1 is 1.33 bits per heavy atom. The van der Waals surface area contributed by atoms with E-state index in [0.717, 1.165) is 30.9 Å².